The summed E-state index contributed by atoms with van der Waals surface area (Å²) in [6.07, 6.45) is 0.317. The van der Waals surface area contributed by atoms with E-state index in [1.54, 1.807) is 12.1 Å². The minimum absolute atomic E-state index is 0.0718. The Morgan fingerprint density at radius 3 is 2.67 bits per heavy atom. The first-order valence-corrected chi connectivity index (χ1v) is 4.61. The molecule has 0 aromatic heterocycles. The number of aliphatic hydroxyl groups is 1. The Kier molecular flexibility index (Phi) is 3.68. The van der Waals surface area contributed by atoms with Crippen molar-refractivity contribution in [3.63, 3.8) is 0 Å². The number of carbonyl (C=O) groups is 1. The van der Waals surface area contributed by atoms with Crippen molar-refractivity contribution in [2.45, 2.75) is 13.3 Å². The Balaban J connectivity index is 3.21. The molecule has 82 valence electrons. The number of rotatable bonds is 3. The van der Waals surface area contributed by atoms with Gasteiger partial charge in [0.2, 0.25) is 0 Å². The highest BCUT2D eigenvalue weighted by Gasteiger charge is 2.15. The standard InChI is InChI=1S/C11H14O4/c1-7-5-8(3-4-12)10(13)9(6-7)11(14)15-2/h5-6,12-13H,3-4H2,1-2H3. The van der Waals surface area contributed by atoms with Crippen LogP contribution >= 0.6 is 0 Å². The molecule has 4 heteroatoms. The summed E-state index contributed by atoms with van der Waals surface area (Å²) in [7, 11) is 1.26. The van der Waals surface area contributed by atoms with E-state index in [-0.39, 0.29) is 17.9 Å². The lowest BCUT2D eigenvalue weighted by Gasteiger charge is -2.09. The molecule has 0 aliphatic carbocycles. The number of aryl methyl sites for hydroxylation is 1. The molecule has 0 saturated heterocycles. The van der Waals surface area contributed by atoms with Gasteiger partial charge in [0.25, 0.3) is 0 Å². The number of aromatic hydroxyl groups is 1. The van der Waals surface area contributed by atoms with E-state index >= 15 is 0 Å². The minimum atomic E-state index is -0.574. The van der Waals surface area contributed by atoms with Crippen molar-refractivity contribution in [3.8, 4) is 5.75 Å². The van der Waals surface area contributed by atoms with Gasteiger partial charge in [-0.2, -0.15) is 0 Å². The second-order valence-electron chi connectivity index (χ2n) is 3.29. The van der Waals surface area contributed by atoms with Crippen molar-refractivity contribution in [2.75, 3.05) is 13.7 Å². The fourth-order valence-corrected chi connectivity index (χ4v) is 1.43. The van der Waals surface area contributed by atoms with Gasteiger partial charge >= 0.3 is 5.97 Å². The number of benzene rings is 1. The molecule has 0 radical (unpaired) electrons. The van der Waals surface area contributed by atoms with Crippen molar-refractivity contribution in [1.82, 2.24) is 0 Å². The lowest BCUT2D eigenvalue weighted by molar-refractivity contribution is 0.0597. The largest absolute Gasteiger partial charge is 0.507 e. The third-order valence-electron chi connectivity index (χ3n) is 2.12. The van der Waals surface area contributed by atoms with Crippen LogP contribution < -0.4 is 0 Å². The molecule has 0 aliphatic heterocycles. The smallest absolute Gasteiger partial charge is 0.341 e. The molecule has 1 aromatic rings. The van der Waals surface area contributed by atoms with Gasteiger partial charge in [-0.15, -0.1) is 0 Å². The molecule has 0 saturated carbocycles. The second kappa shape index (κ2) is 4.79. The maximum absolute atomic E-state index is 11.3. The minimum Gasteiger partial charge on any atom is -0.507 e. The highest BCUT2D eigenvalue weighted by molar-refractivity contribution is 5.93. The second-order valence-corrected chi connectivity index (χ2v) is 3.29. The number of hydrogen-bond donors (Lipinski definition) is 2. The molecule has 0 bridgehead atoms. The summed E-state index contributed by atoms with van der Waals surface area (Å²) >= 11 is 0. The van der Waals surface area contributed by atoms with Crippen LogP contribution in [-0.2, 0) is 11.2 Å². The van der Waals surface area contributed by atoms with Gasteiger partial charge in [-0.25, -0.2) is 4.79 Å². The number of methoxy groups -OCH3 is 1. The van der Waals surface area contributed by atoms with Crippen molar-refractivity contribution in [2.24, 2.45) is 0 Å². The van der Waals surface area contributed by atoms with Crippen molar-refractivity contribution in [1.29, 1.82) is 0 Å². The molecule has 0 heterocycles. The predicted octanol–water partition coefficient (Wildman–Crippen LogP) is 1.02. The monoisotopic (exact) mass is 210 g/mol. The SMILES string of the molecule is COC(=O)c1cc(C)cc(CCO)c1O. The van der Waals surface area contributed by atoms with E-state index in [1.807, 2.05) is 6.92 Å². The number of carbonyl (C=O) groups excluding carboxylic acids is 1. The molecule has 0 unspecified atom stereocenters. The zero-order chi connectivity index (χ0) is 11.4. The predicted molar refractivity (Wildman–Crippen MR) is 55.0 cm³/mol. The third kappa shape index (κ3) is 2.47. The van der Waals surface area contributed by atoms with E-state index in [2.05, 4.69) is 4.74 Å². The topological polar surface area (TPSA) is 66.8 Å². The molecule has 4 nitrogen and oxygen atoms in total. The van der Waals surface area contributed by atoms with Gasteiger partial charge in [-0.1, -0.05) is 6.07 Å². The molecule has 0 fully saturated rings. The summed E-state index contributed by atoms with van der Waals surface area (Å²) in [5.74, 6) is -0.683. The molecule has 1 aromatic carbocycles. The van der Waals surface area contributed by atoms with Crippen LogP contribution in [0.25, 0.3) is 0 Å². The Morgan fingerprint density at radius 2 is 2.13 bits per heavy atom. The van der Waals surface area contributed by atoms with Crippen LogP contribution in [0, 0.1) is 6.92 Å². The highest BCUT2D eigenvalue weighted by atomic mass is 16.5. The first-order valence-electron chi connectivity index (χ1n) is 4.61. The van der Waals surface area contributed by atoms with Crippen LogP contribution in [-0.4, -0.2) is 29.9 Å². The van der Waals surface area contributed by atoms with Crippen LogP contribution in [0.15, 0.2) is 12.1 Å². The van der Waals surface area contributed by atoms with Crippen molar-refractivity contribution in [3.05, 3.63) is 28.8 Å². The zero-order valence-electron chi connectivity index (χ0n) is 8.78. The average Bonchev–Trinajstić information content (AvgIpc) is 2.22. The van der Waals surface area contributed by atoms with Gasteiger partial charge in [0.05, 0.1) is 7.11 Å². The molecular formula is C11H14O4. The van der Waals surface area contributed by atoms with E-state index in [1.165, 1.54) is 7.11 Å². The summed E-state index contributed by atoms with van der Waals surface area (Å²) < 4.78 is 4.54. The Labute approximate surface area is 88.1 Å². The summed E-state index contributed by atoms with van der Waals surface area (Å²) in [6.45, 7) is 1.74. The first-order chi connectivity index (χ1) is 7.10. The molecule has 0 aliphatic rings. The van der Waals surface area contributed by atoms with Gasteiger partial charge in [0.15, 0.2) is 0 Å². The zero-order valence-corrected chi connectivity index (χ0v) is 8.78. The van der Waals surface area contributed by atoms with Gasteiger partial charge in [-0.3, -0.25) is 0 Å². The van der Waals surface area contributed by atoms with Gasteiger partial charge in [-0.05, 0) is 30.5 Å². The van der Waals surface area contributed by atoms with Crippen LogP contribution in [0.5, 0.6) is 5.75 Å². The number of phenolic OH excluding ortho intramolecular Hbond substituents is 1. The van der Waals surface area contributed by atoms with Crippen LogP contribution in [0.4, 0.5) is 0 Å². The maximum atomic E-state index is 11.3. The average molecular weight is 210 g/mol. The van der Waals surface area contributed by atoms with Gasteiger partial charge < -0.3 is 14.9 Å². The molecule has 0 atom stereocenters. The molecule has 0 amide bonds. The summed E-state index contributed by atoms with van der Waals surface area (Å²) in [4.78, 5) is 11.3. The number of aliphatic hydroxyl groups excluding tert-OH is 1. The van der Waals surface area contributed by atoms with E-state index in [0.29, 0.717) is 12.0 Å². The molecule has 1 rings (SSSR count). The fraction of sp³-hybridized carbons (Fsp3) is 0.364. The Bertz CT molecular complexity index is 371. The number of phenols is 1. The lowest BCUT2D eigenvalue weighted by Crippen LogP contribution is -2.04. The maximum Gasteiger partial charge on any atom is 0.341 e. The first kappa shape index (κ1) is 11.5. The van der Waals surface area contributed by atoms with Crippen LogP contribution in [0.3, 0.4) is 0 Å². The number of ether oxygens (including phenoxy) is 1. The summed E-state index contributed by atoms with van der Waals surface area (Å²) in [5.41, 5.74) is 1.54. The fourth-order valence-electron chi connectivity index (χ4n) is 1.43. The van der Waals surface area contributed by atoms with Gasteiger partial charge in [0.1, 0.15) is 11.3 Å². The molecule has 2 N–H and O–H groups in total. The highest BCUT2D eigenvalue weighted by Crippen LogP contribution is 2.25. The van der Waals surface area contributed by atoms with Crippen molar-refractivity contribution >= 4 is 5.97 Å². The number of hydrogen-bond acceptors (Lipinski definition) is 4. The lowest BCUT2D eigenvalue weighted by atomic mass is 10.0. The Morgan fingerprint density at radius 1 is 1.47 bits per heavy atom. The van der Waals surface area contributed by atoms with E-state index in [0.717, 1.165) is 5.56 Å². The van der Waals surface area contributed by atoms with E-state index < -0.39 is 5.97 Å². The summed E-state index contributed by atoms with van der Waals surface area (Å²) in [5, 5.41) is 18.5. The normalized spacial score (nSPS) is 10.1. The van der Waals surface area contributed by atoms with E-state index in [9.17, 15) is 9.90 Å². The van der Waals surface area contributed by atoms with E-state index in [4.69, 9.17) is 5.11 Å². The van der Waals surface area contributed by atoms with Crippen LogP contribution in [0.1, 0.15) is 21.5 Å². The molecule has 15 heavy (non-hydrogen) atoms. The van der Waals surface area contributed by atoms with Gasteiger partial charge in [0, 0.05) is 6.61 Å². The summed E-state index contributed by atoms with van der Waals surface area (Å²) in [6, 6.07) is 3.29. The third-order valence-corrected chi connectivity index (χ3v) is 2.12. The van der Waals surface area contributed by atoms with Crippen LogP contribution in [0.2, 0.25) is 0 Å². The molecular weight excluding hydrogens is 196 g/mol. The van der Waals surface area contributed by atoms with Crippen molar-refractivity contribution < 1.29 is 19.7 Å². The Hall–Kier alpha value is -1.55. The number of esters is 1. The quantitative estimate of drug-likeness (QED) is 0.731. The molecule has 0 spiro atoms.